The number of rotatable bonds is 7. The molecule has 4 unspecified atom stereocenters. The van der Waals surface area contributed by atoms with E-state index in [9.17, 15) is 13.2 Å². The van der Waals surface area contributed by atoms with Crippen molar-refractivity contribution in [3.8, 4) is 0 Å². The lowest BCUT2D eigenvalue weighted by atomic mass is 9.95. The molecule has 0 amide bonds. The van der Waals surface area contributed by atoms with E-state index in [-0.39, 0.29) is 13.2 Å². The summed E-state index contributed by atoms with van der Waals surface area (Å²) in [4.78, 5) is 0. The molecule has 20 heavy (non-hydrogen) atoms. The van der Waals surface area contributed by atoms with Gasteiger partial charge in [-0.05, 0) is 37.5 Å². The minimum Gasteiger partial charge on any atom is -0.379 e. The Morgan fingerprint density at radius 1 is 1.15 bits per heavy atom. The van der Waals surface area contributed by atoms with Crippen molar-refractivity contribution >= 4 is 0 Å². The zero-order valence-electron chi connectivity index (χ0n) is 11.5. The van der Waals surface area contributed by atoms with Gasteiger partial charge in [0.05, 0.1) is 26.4 Å². The topological polar surface area (TPSA) is 38.7 Å². The molecule has 1 N–H and O–H groups in total. The van der Waals surface area contributed by atoms with Crippen LogP contribution in [0, 0.1) is 17.8 Å². The molecule has 0 aromatic heterocycles. The molecule has 116 valence electrons. The first-order valence-corrected chi connectivity index (χ1v) is 6.92. The van der Waals surface area contributed by atoms with Crippen LogP contribution in [0.5, 0.6) is 0 Å². The third kappa shape index (κ3) is 3.74. The minimum atomic E-state index is -4.68. The normalized spacial score (nSPS) is 31.8. The number of ether oxygens (including phenoxy) is 2. The van der Waals surface area contributed by atoms with Crippen LogP contribution in [0.3, 0.4) is 0 Å². The fourth-order valence-electron chi connectivity index (χ4n) is 2.79. The van der Waals surface area contributed by atoms with Crippen LogP contribution >= 0.6 is 0 Å². The average molecular weight is 294 g/mol. The van der Waals surface area contributed by atoms with Gasteiger partial charge in [-0.1, -0.05) is 12.2 Å². The monoisotopic (exact) mass is 294 g/mol. The summed E-state index contributed by atoms with van der Waals surface area (Å²) in [6.45, 7) is 0.880. The van der Waals surface area contributed by atoms with Crippen molar-refractivity contribution in [1.82, 2.24) is 0 Å². The first-order valence-electron chi connectivity index (χ1n) is 6.92. The van der Waals surface area contributed by atoms with Gasteiger partial charge >= 0.3 is 6.18 Å². The van der Waals surface area contributed by atoms with Gasteiger partial charge in [-0.25, -0.2) is 0 Å². The number of hydrogen-bond donors (Lipinski definition) is 1. The number of allylic oxidation sites excluding steroid dienone is 2. The highest BCUT2D eigenvalue weighted by Crippen LogP contribution is 2.43. The van der Waals surface area contributed by atoms with Crippen LogP contribution in [-0.4, -0.2) is 43.3 Å². The molecule has 2 rings (SSSR count). The summed E-state index contributed by atoms with van der Waals surface area (Å²) in [6, 6.07) is 0. The molecule has 2 aliphatic carbocycles. The highest BCUT2D eigenvalue weighted by molar-refractivity contribution is 5.09. The molecule has 1 fully saturated rings. The minimum absolute atomic E-state index is 0.0584. The summed E-state index contributed by atoms with van der Waals surface area (Å²) in [5.74, 6) is 1.82. The molecule has 0 spiro atoms. The summed E-state index contributed by atoms with van der Waals surface area (Å²) < 4.78 is 47.3. The summed E-state index contributed by atoms with van der Waals surface area (Å²) in [7, 11) is 0. The van der Waals surface area contributed by atoms with E-state index in [0.29, 0.717) is 31.3 Å². The van der Waals surface area contributed by atoms with Gasteiger partial charge in [0.2, 0.25) is 0 Å². The number of hydrogen-bond acceptors (Lipinski definition) is 3. The van der Waals surface area contributed by atoms with Gasteiger partial charge in [0.25, 0.3) is 0 Å². The number of aliphatic hydroxyl groups is 1. The van der Waals surface area contributed by atoms with Crippen LogP contribution in [0.2, 0.25) is 0 Å². The predicted molar refractivity (Wildman–Crippen MR) is 67.2 cm³/mol. The molecular formula is C14H21F3O3. The smallest absolute Gasteiger partial charge is 0.379 e. The SMILES string of the molecule is CC(O)(COCCOCC1CC2C=CC1C2)C(F)(F)F. The maximum atomic E-state index is 12.3. The maximum absolute atomic E-state index is 12.3. The van der Waals surface area contributed by atoms with Crippen LogP contribution in [0.15, 0.2) is 12.2 Å². The van der Waals surface area contributed by atoms with Crippen LogP contribution in [0.4, 0.5) is 13.2 Å². The maximum Gasteiger partial charge on any atom is 0.419 e. The van der Waals surface area contributed by atoms with E-state index in [4.69, 9.17) is 14.6 Å². The molecule has 0 radical (unpaired) electrons. The largest absolute Gasteiger partial charge is 0.419 e. The fraction of sp³-hybridized carbons (Fsp3) is 0.857. The third-order valence-electron chi connectivity index (χ3n) is 4.11. The molecule has 3 nitrogen and oxygen atoms in total. The van der Waals surface area contributed by atoms with Crippen molar-refractivity contribution in [2.75, 3.05) is 26.4 Å². The van der Waals surface area contributed by atoms with Crippen molar-refractivity contribution in [3.63, 3.8) is 0 Å². The van der Waals surface area contributed by atoms with E-state index in [1.807, 2.05) is 0 Å². The molecule has 0 aromatic carbocycles. The quantitative estimate of drug-likeness (QED) is 0.579. The van der Waals surface area contributed by atoms with Gasteiger partial charge in [0.15, 0.2) is 5.60 Å². The molecule has 0 heterocycles. The van der Waals surface area contributed by atoms with Crippen molar-refractivity contribution in [3.05, 3.63) is 12.2 Å². The summed E-state index contributed by atoms with van der Waals surface area (Å²) in [5.41, 5.74) is -2.80. The van der Waals surface area contributed by atoms with E-state index in [2.05, 4.69) is 12.2 Å². The zero-order chi connectivity index (χ0) is 14.8. The Hall–Kier alpha value is -0.590. The van der Waals surface area contributed by atoms with E-state index in [1.54, 1.807) is 0 Å². The van der Waals surface area contributed by atoms with Crippen molar-refractivity contribution in [2.24, 2.45) is 17.8 Å². The van der Waals surface area contributed by atoms with Crippen LogP contribution < -0.4 is 0 Å². The molecule has 0 aromatic rings. The number of halogens is 3. The molecule has 2 aliphatic rings. The lowest BCUT2D eigenvalue weighted by Crippen LogP contribution is -2.46. The second-order valence-corrected chi connectivity index (χ2v) is 5.94. The summed E-state index contributed by atoms with van der Waals surface area (Å²) in [6.07, 6.45) is 2.16. The number of alkyl halides is 3. The van der Waals surface area contributed by atoms with Gasteiger partial charge in [-0.2, -0.15) is 13.2 Å². The molecule has 0 saturated heterocycles. The lowest BCUT2D eigenvalue weighted by molar-refractivity contribution is -0.268. The fourth-order valence-corrected chi connectivity index (χ4v) is 2.79. The van der Waals surface area contributed by atoms with Crippen LogP contribution in [0.25, 0.3) is 0 Å². The number of fused-ring (bicyclic) bond motifs is 2. The molecule has 0 aliphatic heterocycles. The first kappa shape index (κ1) is 15.8. The van der Waals surface area contributed by atoms with Crippen molar-refractivity contribution < 1.29 is 27.8 Å². The van der Waals surface area contributed by atoms with Crippen LogP contribution in [0.1, 0.15) is 19.8 Å². The van der Waals surface area contributed by atoms with E-state index in [0.717, 1.165) is 6.42 Å². The Morgan fingerprint density at radius 2 is 1.85 bits per heavy atom. The summed E-state index contributed by atoms with van der Waals surface area (Å²) in [5, 5.41) is 9.15. The van der Waals surface area contributed by atoms with Gasteiger partial charge in [-0.15, -0.1) is 0 Å². The second kappa shape index (κ2) is 6.03. The average Bonchev–Trinajstić information content (AvgIpc) is 2.94. The van der Waals surface area contributed by atoms with Gasteiger partial charge in [0.1, 0.15) is 0 Å². The van der Waals surface area contributed by atoms with Gasteiger partial charge in [-0.3, -0.25) is 0 Å². The Balaban J connectivity index is 1.53. The Kier molecular flexibility index (Phi) is 4.76. The molecular weight excluding hydrogens is 273 g/mol. The van der Waals surface area contributed by atoms with E-state index < -0.39 is 18.4 Å². The molecule has 1 saturated carbocycles. The van der Waals surface area contributed by atoms with Crippen molar-refractivity contribution in [1.29, 1.82) is 0 Å². The zero-order valence-corrected chi connectivity index (χ0v) is 11.5. The third-order valence-corrected chi connectivity index (χ3v) is 4.11. The summed E-state index contributed by atoms with van der Waals surface area (Å²) >= 11 is 0. The van der Waals surface area contributed by atoms with Crippen LogP contribution in [-0.2, 0) is 9.47 Å². The first-order chi connectivity index (χ1) is 9.29. The van der Waals surface area contributed by atoms with E-state index >= 15 is 0 Å². The highest BCUT2D eigenvalue weighted by Gasteiger charge is 2.50. The Morgan fingerprint density at radius 3 is 2.40 bits per heavy atom. The molecule has 4 atom stereocenters. The van der Waals surface area contributed by atoms with E-state index in [1.165, 1.54) is 6.42 Å². The second-order valence-electron chi connectivity index (χ2n) is 5.94. The Labute approximate surface area is 116 Å². The van der Waals surface area contributed by atoms with Gasteiger partial charge < -0.3 is 14.6 Å². The lowest BCUT2D eigenvalue weighted by Gasteiger charge is -2.25. The molecule has 6 heteroatoms. The Bertz CT molecular complexity index is 352. The van der Waals surface area contributed by atoms with Gasteiger partial charge in [0, 0.05) is 0 Å². The predicted octanol–water partition coefficient (Wildman–Crippen LogP) is 2.55. The standard InChI is InChI=1S/C14H21F3O3/c1-13(18,14(15,16)17)9-20-5-4-19-8-12-7-10-2-3-11(12)6-10/h2-3,10-12,18H,4-9H2,1H3. The molecule has 2 bridgehead atoms. The van der Waals surface area contributed by atoms with Crippen molar-refractivity contribution in [2.45, 2.75) is 31.5 Å². The highest BCUT2D eigenvalue weighted by atomic mass is 19.4.